The van der Waals surface area contributed by atoms with Crippen LogP contribution in [0.25, 0.3) is 0 Å². The second-order valence-electron chi connectivity index (χ2n) is 6.93. The summed E-state index contributed by atoms with van der Waals surface area (Å²) >= 11 is 6.02. The number of carbonyl (C=O) groups is 1. The lowest BCUT2D eigenvalue weighted by atomic mass is 10.0. The first kappa shape index (κ1) is 19.3. The van der Waals surface area contributed by atoms with E-state index in [0.717, 1.165) is 32.2 Å². The summed E-state index contributed by atoms with van der Waals surface area (Å²) in [4.78, 5) is 14.9. The number of likely N-dealkylation sites (tertiary alicyclic amines) is 1. The lowest BCUT2D eigenvalue weighted by Crippen LogP contribution is -2.48. The summed E-state index contributed by atoms with van der Waals surface area (Å²) in [6, 6.07) is 4.91. The second-order valence-corrected chi connectivity index (χ2v) is 9.27. The van der Waals surface area contributed by atoms with E-state index in [1.807, 2.05) is 0 Å². The SMILES string of the molecule is CN1CCC(NC(=O)[C@H]2CCN(S(C)(=O)=O)c3cc(Cl)ccc3O2)CC1. The molecule has 2 aliphatic rings. The van der Waals surface area contributed by atoms with E-state index >= 15 is 0 Å². The zero-order valence-electron chi connectivity index (χ0n) is 14.9. The maximum atomic E-state index is 12.7. The fraction of sp³-hybridized carbons (Fsp3) is 0.588. The third kappa shape index (κ3) is 4.42. The van der Waals surface area contributed by atoms with Gasteiger partial charge in [-0.15, -0.1) is 0 Å². The molecule has 0 aliphatic carbocycles. The highest BCUT2D eigenvalue weighted by Crippen LogP contribution is 2.36. The van der Waals surface area contributed by atoms with Crippen LogP contribution in [0.5, 0.6) is 5.75 Å². The highest BCUT2D eigenvalue weighted by Gasteiger charge is 2.32. The van der Waals surface area contributed by atoms with Gasteiger partial charge in [0, 0.05) is 24.0 Å². The number of halogens is 1. The summed E-state index contributed by atoms with van der Waals surface area (Å²) < 4.78 is 31.4. The number of carbonyl (C=O) groups excluding carboxylic acids is 1. The molecule has 0 spiro atoms. The molecule has 1 saturated heterocycles. The lowest BCUT2D eigenvalue weighted by molar-refractivity contribution is -0.129. The van der Waals surface area contributed by atoms with Gasteiger partial charge in [-0.2, -0.15) is 0 Å². The maximum Gasteiger partial charge on any atom is 0.261 e. The number of fused-ring (bicyclic) bond motifs is 1. The number of sulfonamides is 1. The molecule has 0 unspecified atom stereocenters. The van der Waals surface area contributed by atoms with Crippen molar-refractivity contribution in [3.05, 3.63) is 23.2 Å². The van der Waals surface area contributed by atoms with Crippen LogP contribution in [0.2, 0.25) is 5.02 Å². The number of amides is 1. The van der Waals surface area contributed by atoms with Crippen LogP contribution >= 0.6 is 11.6 Å². The van der Waals surface area contributed by atoms with Gasteiger partial charge in [-0.05, 0) is 51.2 Å². The molecular formula is C17H24ClN3O4S. The van der Waals surface area contributed by atoms with Gasteiger partial charge in [-0.25, -0.2) is 8.42 Å². The molecule has 1 aromatic rings. The molecule has 0 aromatic heterocycles. The Morgan fingerprint density at radius 3 is 2.58 bits per heavy atom. The van der Waals surface area contributed by atoms with Crippen molar-refractivity contribution in [1.82, 2.24) is 10.2 Å². The second kappa shape index (κ2) is 7.62. The van der Waals surface area contributed by atoms with Crippen LogP contribution in [0.1, 0.15) is 19.3 Å². The van der Waals surface area contributed by atoms with Crippen molar-refractivity contribution in [1.29, 1.82) is 0 Å². The first-order valence-corrected chi connectivity index (χ1v) is 10.9. The molecule has 0 saturated carbocycles. The number of nitrogens with zero attached hydrogens (tertiary/aromatic N) is 2. The van der Waals surface area contributed by atoms with Crippen LogP contribution in [-0.2, 0) is 14.8 Å². The largest absolute Gasteiger partial charge is 0.478 e. The maximum absolute atomic E-state index is 12.7. The molecular weight excluding hydrogens is 378 g/mol. The number of anilines is 1. The minimum atomic E-state index is -3.50. The van der Waals surface area contributed by atoms with Gasteiger partial charge in [0.15, 0.2) is 6.10 Å². The van der Waals surface area contributed by atoms with Crippen LogP contribution in [-0.4, -0.2) is 64.3 Å². The third-order valence-corrected chi connectivity index (χ3v) is 6.23. The Morgan fingerprint density at radius 1 is 1.23 bits per heavy atom. The average molecular weight is 402 g/mol. The van der Waals surface area contributed by atoms with Crippen LogP contribution in [0, 0.1) is 0 Å². The normalized spacial score (nSPS) is 22.3. The average Bonchev–Trinajstić information content (AvgIpc) is 2.76. The molecule has 1 aromatic carbocycles. The quantitative estimate of drug-likeness (QED) is 0.829. The first-order chi connectivity index (χ1) is 12.2. The zero-order valence-corrected chi connectivity index (χ0v) is 16.5. The Morgan fingerprint density at radius 2 is 1.92 bits per heavy atom. The van der Waals surface area contributed by atoms with Crippen molar-refractivity contribution < 1.29 is 17.9 Å². The van der Waals surface area contributed by atoms with Gasteiger partial charge in [0.05, 0.1) is 11.9 Å². The van der Waals surface area contributed by atoms with Crippen molar-refractivity contribution in [2.24, 2.45) is 0 Å². The summed E-state index contributed by atoms with van der Waals surface area (Å²) in [5.74, 6) is 0.150. The summed E-state index contributed by atoms with van der Waals surface area (Å²) in [7, 11) is -1.44. The van der Waals surface area contributed by atoms with Crippen LogP contribution < -0.4 is 14.4 Å². The van der Waals surface area contributed by atoms with Gasteiger partial charge in [-0.3, -0.25) is 9.10 Å². The Hall–Kier alpha value is -1.51. The zero-order chi connectivity index (χ0) is 18.9. The summed E-state index contributed by atoms with van der Waals surface area (Å²) in [6.07, 6.45) is 2.48. The number of nitrogens with one attached hydrogen (secondary N) is 1. The topological polar surface area (TPSA) is 79.0 Å². The van der Waals surface area contributed by atoms with Crippen LogP contribution in [0.3, 0.4) is 0 Å². The summed E-state index contributed by atoms with van der Waals surface area (Å²) in [6.45, 7) is 2.05. The van der Waals surface area contributed by atoms with Crippen molar-refractivity contribution in [3.63, 3.8) is 0 Å². The molecule has 1 amide bonds. The Kier molecular flexibility index (Phi) is 5.64. The molecule has 0 radical (unpaired) electrons. The number of ether oxygens (including phenoxy) is 1. The Balaban J connectivity index is 1.77. The van der Waals surface area contributed by atoms with Gasteiger partial charge >= 0.3 is 0 Å². The molecule has 0 bridgehead atoms. The monoisotopic (exact) mass is 401 g/mol. The molecule has 7 nitrogen and oxygen atoms in total. The van der Waals surface area contributed by atoms with E-state index in [9.17, 15) is 13.2 Å². The first-order valence-electron chi connectivity index (χ1n) is 8.67. The molecule has 3 rings (SSSR count). The fourth-order valence-electron chi connectivity index (χ4n) is 3.33. The van der Waals surface area contributed by atoms with Gasteiger partial charge in [-0.1, -0.05) is 11.6 Å². The molecule has 26 heavy (non-hydrogen) atoms. The molecule has 2 aliphatic heterocycles. The molecule has 1 atom stereocenters. The number of hydrogen-bond acceptors (Lipinski definition) is 5. The minimum Gasteiger partial charge on any atom is -0.478 e. The van der Waals surface area contributed by atoms with Crippen molar-refractivity contribution in [2.45, 2.75) is 31.4 Å². The molecule has 1 fully saturated rings. The Bertz CT molecular complexity index is 778. The number of piperidine rings is 1. The summed E-state index contributed by atoms with van der Waals surface area (Å²) in [5, 5.41) is 3.46. The van der Waals surface area contributed by atoms with Gasteiger partial charge in [0.2, 0.25) is 10.0 Å². The third-order valence-electron chi connectivity index (χ3n) is 4.81. The van der Waals surface area contributed by atoms with E-state index in [0.29, 0.717) is 16.5 Å². The van der Waals surface area contributed by atoms with E-state index in [2.05, 4.69) is 17.3 Å². The fourth-order valence-corrected chi connectivity index (χ4v) is 4.43. The molecule has 1 N–H and O–H groups in total. The highest BCUT2D eigenvalue weighted by molar-refractivity contribution is 7.92. The smallest absolute Gasteiger partial charge is 0.261 e. The standard InChI is InChI=1S/C17H24ClN3O4S/c1-20-8-5-13(6-9-20)19-17(22)16-7-10-21(26(2,23)24)14-11-12(18)3-4-15(14)25-16/h3-4,11,13,16H,5-10H2,1-2H3,(H,19,22)/t16-/m1/s1. The van der Waals surface area contributed by atoms with Gasteiger partial charge < -0.3 is 15.0 Å². The summed E-state index contributed by atoms with van der Waals surface area (Å²) in [5.41, 5.74) is 0.370. The van der Waals surface area contributed by atoms with Gasteiger partial charge in [0.1, 0.15) is 5.75 Å². The van der Waals surface area contributed by atoms with E-state index in [-0.39, 0.29) is 24.9 Å². The predicted molar refractivity (Wildman–Crippen MR) is 101 cm³/mol. The molecule has 2 heterocycles. The van der Waals surface area contributed by atoms with E-state index in [1.54, 1.807) is 18.2 Å². The lowest BCUT2D eigenvalue weighted by Gasteiger charge is -2.30. The van der Waals surface area contributed by atoms with Crippen LogP contribution in [0.15, 0.2) is 18.2 Å². The van der Waals surface area contributed by atoms with E-state index in [4.69, 9.17) is 16.3 Å². The molecule has 144 valence electrons. The number of hydrogen-bond donors (Lipinski definition) is 1. The van der Waals surface area contributed by atoms with E-state index in [1.165, 1.54) is 4.31 Å². The van der Waals surface area contributed by atoms with Gasteiger partial charge in [0.25, 0.3) is 5.91 Å². The predicted octanol–water partition coefficient (Wildman–Crippen LogP) is 1.47. The number of rotatable bonds is 3. The Labute approximate surface area is 159 Å². The molecule has 9 heteroatoms. The van der Waals surface area contributed by atoms with E-state index < -0.39 is 16.1 Å². The van der Waals surface area contributed by atoms with Crippen molar-refractivity contribution in [2.75, 3.05) is 37.2 Å². The van der Waals surface area contributed by atoms with Crippen molar-refractivity contribution >= 4 is 33.2 Å². The van der Waals surface area contributed by atoms with Crippen molar-refractivity contribution in [3.8, 4) is 5.75 Å². The highest BCUT2D eigenvalue weighted by atomic mass is 35.5. The number of benzene rings is 1. The minimum absolute atomic E-state index is 0.126. The van der Waals surface area contributed by atoms with Crippen LogP contribution in [0.4, 0.5) is 5.69 Å².